The quantitative estimate of drug-likeness (QED) is 0.400. The van der Waals surface area contributed by atoms with Crippen molar-refractivity contribution in [2.75, 3.05) is 33.2 Å². The molecule has 1 aromatic heterocycles. The third-order valence-corrected chi connectivity index (χ3v) is 6.34. The summed E-state index contributed by atoms with van der Waals surface area (Å²) in [6.45, 7) is 0.848. The van der Waals surface area contributed by atoms with Crippen LogP contribution >= 0.6 is 11.6 Å². The second-order valence-corrected chi connectivity index (χ2v) is 8.73. The van der Waals surface area contributed by atoms with Gasteiger partial charge in [-0.3, -0.25) is 4.99 Å². The zero-order valence-electron chi connectivity index (χ0n) is 15.3. The van der Waals surface area contributed by atoms with Crippen molar-refractivity contribution in [3.8, 4) is 0 Å². The predicted molar refractivity (Wildman–Crippen MR) is 102 cm³/mol. The molecule has 12 heteroatoms. The van der Waals surface area contributed by atoms with Crippen LogP contribution in [0.5, 0.6) is 0 Å². The summed E-state index contributed by atoms with van der Waals surface area (Å²) in [5.41, 5.74) is -4.23. The minimum atomic E-state index is -5.25. The highest BCUT2D eigenvalue weighted by molar-refractivity contribution is 7.90. The lowest BCUT2D eigenvalue weighted by Crippen LogP contribution is -2.47. The minimum absolute atomic E-state index is 0.0682. The van der Waals surface area contributed by atoms with Crippen molar-refractivity contribution in [2.45, 2.75) is 24.8 Å². The summed E-state index contributed by atoms with van der Waals surface area (Å²) in [6.07, 6.45) is 3.13. The Morgan fingerprint density at radius 2 is 2.00 bits per heavy atom. The summed E-state index contributed by atoms with van der Waals surface area (Å²) in [5, 5.41) is 6.71. The Balaban J connectivity index is 1.72. The fraction of sp³-hybridized carbons (Fsp3) is 0.625. The number of alkyl halides is 3. The molecule has 0 bridgehead atoms. The van der Waals surface area contributed by atoms with E-state index in [0.717, 1.165) is 12.0 Å². The monoisotopic (exact) mass is 441 g/mol. The van der Waals surface area contributed by atoms with Gasteiger partial charge in [-0.25, -0.2) is 13.4 Å². The lowest BCUT2D eigenvalue weighted by Gasteiger charge is -2.31. The molecule has 0 saturated carbocycles. The van der Waals surface area contributed by atoms with Crippen molar-refractivity contribution in [1.82, 2.24) is 19.9 Å². The van der Waals surface area contributed by atoms with Crippen molar-refractivity contribution >= 4 is 27.6 Å². The van der Waals surface area contributed by atoms with Crippen LogP contribution in [0.4, 0.5) is 13.2 Å². The highest BCUT2D eigenvalue weighted by Crippen LogP contribution is 2.30. The van der Waals surface area contributed by atoms with Gasteiger partial charge in [-0.15, -0.1) is 0 Å². The van der Waals surface area contributed by atoms with Crippen molar-refractivity contribution < 1.29 is 21.6 Å². The molecule has 28 heavy (non-hydrogen) atoms. The second-order valence-electron chi connectivity index (χ2n) is 6.41. The molecule has 7 nitrogen and oxygen atoms in total. The van der Waals surface area contributed by atoms with Crippen LogP contribution in [0.1, 0.15) is 18.4 Å². The fourth-order valence-corrected chi connectivity index (χ4v) is 3.94. The molecule has 2 N–H and O–H groups in total. The summed E-state index contributed by atoms with van der Waals surface area (Å²) in [7, 11) is -3.61. The van der Waals surface area contributed by atoms with E-state index in [-0.39, 0.29) is 19.0 Å². The molecule has 0 atom stereocenters. The maximum Gasteiger partial charge on any atom is 0.511 e. The first kappa shape index (κ1) is 22.7. The summed E-state index contributed by atoms with van der Waals surface area (Å²) < 4.78 is 61.2. The number of guanidine groups is 1. The van der Waals surface area contributed by atoms with Gasteiger partial charge in [-0.05, 0) is 36.8 Å². The molecule has 1 aliphatic heterocycles. The lowest BCUT2D eigenvalue weighted by atomic mass is 9.98. The van der Waals surface area contributed by atoms with Gasteiger partial charge < -0.3 is 10.6 Å². The Kier molecular flexibility index (Phi) is 7.90. The first-order valence-electron chi connectivity index (χ1n) is 8.75. The van der Waals surface area contributed by atoms with Gasteiger partial charge in [0, 0.05) is 39.4 Å². The number of pyridine rings is 1. The molecule has 1 saturated heterocycles. The van der Waals surface area contributed by atoms with Crippen molar-refractivity contribution in [3.05, 3.63) is 29.0 Å². The van der Waals surface area contributed by atoms with Crippen LogP contribution in [0, 0.1) is 5.92 Å². The van der Waals surface area contributed by atoms with Crippen molar-refractivity contribution in [3.63, 3.8) is 0 Å². The van der Waals surface area contributed by atoms with Crippen molar-refractivity contribution in [2.24, 2.45) is 10.9 Å². The molecule has 1 aromatic rings. The van der Waals surface area contributed by atoms with Gasteiger partial charge in [-0.1, -0.05) is 17.7 Å². The Hall–Kier alpha value is -1.59. The van der Waals surface area contributed by atoms with Gasteiger partial charge in [0.05, 0.1) is 0 Å². The molecule has 0 spiro atoms. The van der Waals surface area contributed by atoms with Crippen LogP contribution in [0.15, 0.2) is 23.3 Å². The molecule has 1 fully saturated rings. The molecule has 0 unspecified atom stereocenters. The topological polar surface area (TPSA) is 86.7 Å². The Morgan fingerprint density at radius 1 is 1.32 bits per heavy atom. The number of piperidine rings is 1. The van der Waals surface area contributed by atoms with E-state index in [1.165, 1.54) is 0 Å². The SMILES string of the molecule is CN=C(NCCc1ccc(Cl)nc1)NCC1CCN(S(=O)(=O)C(F)(F)F)CC1. The van der Waals surface area contributed by atoms with Crippen LogP contribution in [0.25, 0.3) is 0 Å². The first-order chi connectivity index (χ1) is 13.1. The van der Waals surface area contributed by atoms with E-state index >= 15 is 0 Å². The van der Waals surface area contributed by atoms with Crippen LogP contribution < -0.4 is 10.6 Å². The summed E-state index contributed by atoms with van der Waals surface area (Å²) >= 11 is 5.74. The molecular formula is C16H23ClF3N5O2S. The summed E-state index contributed by atoms with van der Waals surface area (Å²) in [4.78, 5) is 8.11. The Bertz CT molecular complexity index is 763. The lowest BCUT2D eigenvalue weighted by molar-refractivity contribution is -0.0496. The van der Waals surface area contributed by atoms with Crippen LogP contribution in [0.3, 0.4) is 0 Å². The number of nitrogens with one attached hydrogen (secondary N) is 2. The third-order valence-electron chi connectivity index (χ3n) is 4.48. The zero-order valence-corrected chi connectivity index (χ0v) is 16.9. The van der Waals surface area contributed by atoms with Gasteiger partial charge >= 0.3 is 15.5 Å². The van der Waals surface area contributed by atoms with E-state index in [4.69, 9.17) is 11.6 Å². The van der Waals surface area contributed by atoms with E-state index in [2.05, 4.69) is 20.6 Å². The summed E-state index contributed by atoms with van der Waals surface area (Å²) in [5.74, 6) is 0.644. The molecule has 0 amide bonds. The average Bonchev–Trinajstić information content (AvgIpc) is 2.65. The van der Waals surface area contributed by atoms with Crippen molar-refractivity contribution in [1.29, 1.82) is 0 Å². The van der Waals surface area contributed by atoms with E-state index in [1.54, 1.807) is 19.3 Å². The molecule has 0 radical (unpaired) electrons. The maximum absolute atomic E-state index is 12.6. The van der Waals surface area contributed by atoms with Gasteiger partial charge in [0.1, 0.15) is 5.15 Å². The Labute approximate surface area is 167 Å². The zero-order chi connectivity index (χ0) is 20.8. The number of rotatable bonds is 6. The minimum Gasteiger partial charge on any atom is -0.356 e. The number of aromatic nitrogens is 1. The highest BCUT2D eigenvalue weighted by atomic mass is 35.5. The Morgan fingerprint density at radius 3 is 2.54 bits per heavy atom. The van der Waals surface area contributed by atoms with E-state index in [0.29, 0.717) is 41.3 Å². The van der Waals surface area contributed by atoms with E-state index < -0.39 is 15.5 Å². The predicted octanol–water partition coefficient (Wildman–Crippen LogP) is 2.00. The average molecular weight is 442 g/mol. The number of hydrogen-bond acceptors (Lipinski definition) is 4. The fourth-order valence-electron chi connectivity index (χ4n) is 2.84. The maximum atomic E-state index is 12.6. The van der Waals surface area contributed by atoms with Gasteiger partial charge in [0.15, 0.2) is 5.96 Å². The van der Waals surface area contributed by atoms with Crippen LogP contribution in [0.2, 0.25) is 5.15 Å². The van der Waals surface area contributed by atoms with E-state index in [9.17, 15) is 21.6 Å². The number of halogens is 4. The molecule has 1 aliphatic rings. The normalized spacial score (nSPS) is 17.5. The number of hydrogen-bond donors (Lipinski definition) is 2. The number of nitrogens with zero attached hydrogens (tertiary/aromatic N) is 3. The summed E-state index contributed by atoms with van der Waals surface area (Å²) in [6, 6.07) is 3.60. The number of sulfonamides is 1. The molecule has 2 rings (SSSR count). The smallest absolute Gasteiger partial charge is 0.356 e. The molecule has 0 aliphatic carbocycles. The van der Waals surface area contributed by atoms with Gasteiger partial charge in [0.2, 0.25) is 0 Å². The van der Waals surface area contributed by atoms with Crippen LogP contribution in [-0.4, -0.2) is 62.4 Å². The van der Waals surface area contributed by atoms with Gasteiger partial charge in [-0.2, -0.15) is 17.5 Å². The molecule has 0 aromatic carbocycles. The van der Waals surface area contributed by atoms with E-state index in [1.807, 2.05) is 6.07 Å². The van der Waals surface area contributed by atoms with Gasteiger partial charge in [0.25, 0.3) is 0 Å². The second kappa shape index (κ2) is 9.75. The standard InChI is InChI=1S/C16H23ClF3N5O2S/c1-21-15(22-7-4-12-2-3-14(17)23-10-12)24-11-13-5-8-25(9-6-13)28(26,27)16(18,19)20/h2-3,10,13H,4-9,11H2,1H3,(H2,21,22,24). The molecule has 158 valence electrons. The third kappa shape index (κ3) is 6.21. The number of aliphatic imine (C=N–C) groups is 1. The molecular weight excluding hydrogens is 419 g/mol. The first-order valence-corrected chi connectivity index (χ1v) is 10.6. The largest absolute Gasteiger partial charge is 0.511 e. The molecule has 2 heterocycles. The van der Waals surface area contributed by atoms with Crippen LogP contribution in [-0.2, 0) is 16.4 Å². The highest BCUT2D eigenvalue weighted by Gasteiger charge is 2.50.